The molecule has 0 saturated heterocycles. The minimum atomic E-state index is 0.593. The fourth-order valence-corrected chi connectivity index (χ4v) is 0.649. The second-order valence-electron chi connectivity index (χ2n) is 1.57. The summed E-state index contributed by atoms with van der Waals surface area (Å²) in [6.07, 6.45) is 5.71. The summed E-state index contributed by atoms with van der Waals surface area (Å²) >= 11 is 3.26. The first-order chi connectivity index (χ1) is 4.91. The van der Waals surface area contributed by atoms with Crippen LogP contribution in [0.3, 0.4) is 0 Å². The molecule has 0 radical (unpaired) electrons. The second-order valence-corrected chi connectivity index (χ2v) is 2.22. The highest BCUT2D eigenvalue weighted by Gasteiger charge is 1.75. The molecule has 0 aromatic carbocycles. The molecule has 56 valence electrons. The third-order valence-electron chi connectivity index (χ3n) is 0.815. The summed E-state index contributed by atoms with van der Waals surface area (Å²) in [5.41, 5.74) is 2.63. The Morgan fingerprint density at radius 2 is 2.20 bits per heavy atom. The molecule has 0 bridgehead atoms. The molecule has 0 aliphatic heterocycles. The van der Waals surface area contributed by atoms with Crippen LogP contribution in [0.4, 0.5) is 0 Å². The molecule has 0 heterocycles. The van der Waals surface area contributed by atoms with Crippen LogP contribution in [0.5, 0.6) is 0 Å². The van der Waals surface area contributed by atoms with Gasteiger partial charge in [-0.1, -0.05) is 34.7 Å². The van der Waals surface area contributed by atoms with E-state index in [-0.39, 0.29) is 0 Å². The van der Waals surface area contributed by atoms with Crippen LogP contribution in [-0.2, 0) is 4.74 Å². The molecule has 0 rings (SSSR count). The fraction of sp³-hybridized carbons (Fsp3) is 0.375. The minimum absolute atomic E-state index is 0.593. The van der Waals surface area contributed by atoms with Crippen LogP contribution in [0.2, 0.25) is 0 Å². The molecule has 0 aliphatic rings. The number of allylic oxidation sites excluding steroid dienone is 1. The first kappa shape index (κ1) is 9.70. The highest BCUT2D eigenvalue weighted by atomic mass is 79.9. The lowest BCUT2D eigenvalue weighted by atomic mass is 10.5. The summed E-state index contributed by atoms with van der Waals surface area (Å²) in [5, 5.41) is 0.883. The molecule has 0 spiro atoms. The van der Waals surface area contributed by atoms with Gasteiger partial charge in [0.25, 0.3) is 0 Å². The van der Waals surface area contributed by atoms with Crippen molar-refractivity contribution < 1.29 is 4.74 Å². The van der Waals surface area contributed by atoms with Gasteiger partial charge in [0.05, 0.1) is 13.2 Å². The van der Waals surface area contributed by atoms with Gasteiger partial charge in [0, 0.05) is 5.33 Å². The zero-order chi connectivity index (χ0) is 7.66. The zero-order valence-electron chi connectivity index (χ0n) is 5.85. The van der Waals surface area contributed by atoms with Crippen LogP contribution >= 0.6 is 15.9 Å². The monoisotopic (exact) mass is 202 g/mol. The summed E-state index contributed by atoms with van der Waals surface area (Å²) in [7, 11) is 0. The van der Waals surface area contributed by atoms with Crippen LogP contribution in [0.15, 0.2) is 30.5 Å². The summed E-state index contributed by atoms with van der Waals surface area (Å²) in [5.74, 6) is 0. The van der Waals surface area contributed by atoms with Crippen LogP contribution in [0, 0.1) is 0 Å². The molecule has 1 nitrogen and oxygen atoms in total. The number of rotatable bonds is 5. The standard InChI is InChI=1S/C8H11BrO/c1-2-3-7-10-8-5-4-6-9/h3-5H,1,6-8H2/b5-4+. The Hall–Kier alpha value is -0.300. The minimum Gasteiger partial charge on any atom is -0.373 e. The Bertz CT molecular complexity index is 134. The highest BCUT2D eigenvalue weighted by Crippen LogP contribution is 1.82. The van der Waals surface area contributed by atoms with E-state index in [4.69, 9.17) is 4.74 Å². The van der Waals surface area contributed by atoms with Gasteiger partial charge in [0.15, 0.2) is 0 Å². The van der Waals surface area contributed by atoms with Gasteiger partial charge >= 0.3 is 0 Å². The van der Waals surface area contributed by atoms with Gasteiger partial charge in [-0.25, -0.2) is 0 Å². The fourth-order valence-electron chi connectivity index (χ4n) is 0.385. The molecule has 0 atom stereocenters. The smallest absolute Gasteiger partial charge is 0.0725 e. The molecule has 0 N–H and O–H groups in total. The van der Waals surface area contributed by atoms with Crippen molar-refractivity contribution in [3.05, 3.63) is 30.5 Å². The van der Waals surface area contributed by atoms with Gasteiger partial charge in [0.1, 0.15) is 0 Å². The summed E-state index contributed by atoms with van der Waals surface area (Å²) in [4.78, 5) is 0. The van der Waals surface area contributed by atoms with E-state index in [9.17, 15) is 0 Å². The van der Waals surface area contributed by atoms with Gasteiger partial charge in [-0.05, 0) is 6.08 Å². The highest BCUT2D eigenvalue weighted by molar-refractivity contribution is 9.09. The molecular weight excluding hydrogens is 192 g/mol. The van der Waals surface area contributed by atoms with Gasteiger partial charge in [0.2, 0.25) is 0 Å². The van der Waals surface area contributed by atoms with E-state index >= 15 is 0 Å². The molecule has 0 aromatic rings. The topological polar surface area (TPSA) is 9.23 Å². The predicted molar refractivity (Wildman–Crippen MR) is 47.5 cm³/mol. The molecule has 0 aromatic heterocycles. The van der Waals surface area contributed by atoms with E-state index in [1.165, 1.54) is 0 Å². The molecule has 0 aliphatic carbocycles. The van der Waals surface area contributed by atoms with Crippen LogP contribution < -0.4 is 0 Å². The molecule has 0 saturated carbocycles. The third-order valence-corrected chi connectivity index (χ3v) is 1.19. The van der Waals surface area contributed by atoms with Crippen LogP contribution in [0.25, 0.3) is 0 Å². The Morgan fingerprint density at radius 1 is 1.40 bits per heavy atom. The lowest BCUT2D eigenvalue weighted by Gasteiger charge is -1.91. The Balaban J connectivity index is 3.04. The third kappa shape index (κ3) is 7.70. The Labute approximate surface area is 70.2 Å². The van der Waals surface area contributed by atoms with E-state index in [0.29, 0.717) is 13.2 Å². The van der Waals surface area contributed by atoms with Crippen molar-refractivity contribution in [2.24, 2.45) is 0 Å². The van der Waals surface area contributed by atoms with Crippen molar-refractivity contribution in [2.45, 2.75) is 0 Å². The van der Waals surface area contributed by atoms with Crippen LogP contribution in [0.1, 0.15) is 0 Å². The first-order valence-corrected chi connectivity index (χ1v) is 4.17. The number of ether oxygens (including phenoxy) is 1. The predicted octanol–water partition coefficient (Wildman–Crippen LogP) is 2.30. The average Bonchev–Trinajstić information content (AvgIpc) is 1.97. The van der Waals surface area contributed by atoms with Crippen molar-refractivity contribution in [3.8, 4) is 0 Å². The summed E-state index contributed by atoms with van der Waals surface area (Å²) in [6.45, 7) is 4.66. The zero-order valence-corrected chi connectivity index (χ0v) is 7.43. The quantitative estimate of drug-likeness (QED) is 0.288. The van der Waals surface area contributed by atoms with E-state index in [1.807, 2.05) is 12.2 Å². The van der Waals surface area contributed by atoms with E-state index in [2.05, 4.69) is 28.2 Å². The first-order valence-electron chi connectivity index (χ1n) is 3.04. The molecule has 0 fully saturated rings. The lowest BCUT2D eigenvalue weighted by molar-refractivity contribution is 0.194. The number of halogens is 1. The van der Waals surface area contributed by atoms with Crippen molar-refractivity contribution in [1.29, 1.82) is 0 Å². The second kappa shape index (κ2) is 8.70. The maximum Gasteiger partial charge on any atom is 0.0725 e. The maximum absolute atomic E-state index is 5.11. The molecular formula is C8H11BrO. The average molecular weight is 203 g/mol. The van der Waals surface area contributed by atoms with Crippen molar-refractivity contribution in [1.82, 2.24) is 0 Å². The van der Waals surface area contributed by atoms with Crippen molar-refractivity contribution >= 4 is 15.9 Å². The maximum atomic E-state index is 5.11. The molecule has 2 heteroatoms. The van der Waals surface area contributed by atoms with Gasteiger partial charge < -0.3 is 4.74 Å². The van der Waals surface area contributed by atoms with Gasteiger partial charge in [-0.2, -0.15) is 0 Å². The molecule has 10 heavy (non-hydrogen) atoms. The Kier molecular flexibility index (Phi) is 8.44. The summed E-state index contributed by atoms with van der Waals surface area (Å²) in [6, 6.07) is 0. The van der Waals surface area contributed by atoms with E-state index in [0.717, 1.165) is 5.33 Å². The van der Waals surface area contributed by atoms with E-state index < -0.39 is 0 Å². The Morgan fingerprint density at radius 3 is 2.80 bits per heavy atom. The van der Waals surface area contributed by atoms with E-state index in [1.54, 1.807) is 6.08 Å². The van der Waals surface area contributed by atoms with Crippen molar-refractivity contribution in [3.63, 3.8) is 0 Å². The number of alkyl halides is 1. The number of hydrogen-bond donors (Lipinski definition) is 0. The van der Waals surface area contributed by atoms with Gasteiger partial charge in [-0.3, -0.25) is 0 Å². The van der Waals surface area contributed by atoms with Crippen molar-refractivity contribution in [2.75, 3.05) is 18.5 Å². The van der Waals surface area contributed by atoms with Gasteiger partial charge in [-0.15, -0.1) is 5.73 Å². The molecule has 0 unspecified atom stereocenters. The SMILES string of the molecule is C=C=CCOC/C=C/CBr. The number of hydrogen-bond acceptors (Lipinski definition) is 1. The van der Waals surface area contributed by atoms with Crippen LogP contribution in [-0.4, -0.2) is 18.5 Å². The normalized spacial score (nSPS) is 9.70. The summed E-state index contributed by atoms with van der Waals surface area (Å²) < 4.78 is 5.11. The molecule has 0 amide bonds. The lowest BCUT2D eigenvalue weighted by Crippen LogP contribution is -1.89. The largest absolute Gasteiger partial charge is 0.373 e.